The van der Waals surface area contributed by atoms with Crippen molar-refractivity contribution in [2.24, 2.45) is 0 Å². The van der Waals surface area contributed by atoms with Gasteiger partial charge in [-0.1, -0.05) is 0 Å². The van der Waals surface area contributed by atoms with E-state index >= 15 is 0 Å². The summed E-state index contributed by atoms with van der Waals surface area (Å²) in [5.74, 6) is 0. The van der Waals surface area contributed by atoms with Gasteiger partial charge in [-0.2, -0.15) is 0 Å². The molecular formula is CAlF4O3S+. The van der Waals surface area contributed by atoms with Crippen molar-refractivity contribution >= 4 is 26.1 Å². The molecule has 0 unspecified atom stereocenters. The molecule has 0 heterocycles. The Morgan fingerprint density at radius 2 is 1.70 bits per heavy atom. The summed E-state index contributed by atoms with van der Waals surface area (Å²) in [6.45, 7) is 0. The van der Waals surface area contributed by atoms with Gasteiger partial charge in [0.25, 0.3) is 0 Å². The average molecular weight is 195 g/mol. The minimum absolute atomic E-state index is 2.65. The van der Waals surface area contributed by atoms with Crippen molar-refractivity contribution in [3.63, 3.8) is 0 Å². The molecule has 0 aliphatic heterocycles. The Morgan fingerprint density at radius 3 is 1.80 bits per heavy atom. The molecule has 58 valence electrons. The van der Waals surface area contributed by atoms with Crippen LogP contribution >= 0.6 is 0 Å². The van der Waals surface area contributed by atoms with Crippen LogP contribution in [0.1, 0.15) is 0 Å². The number of rotatable bonds is 2. The molecule has 0 saturated heterocycles. The number of halogens is 4. The van der Waals surface area contributed by atoms with Crippen LogP contribution in [0.25, 0.3) is 0 Å². The summed E-state index contributed by atoms with van der Waals surface area (Å²) in [4.78, 5) is 0. The van der Waals surface area contributed by atoms with E-state index in [1.165, 1.54) is 0 Å². The fraction of sp³-hybridized carbons (Fsp3) is 1.00. The molecule has 0 spiro atoms. The zero-order chi connectivity index (χ0) is 8.41. The van der Waals surface area contributed by atoms with Gasteiger partial charge in [0.05, 0.1) is 0 Å². The van der Waals surface area contributed by atoms with Crippen molar-refractivity contribution in [2.75, 3.05) is 0 Å². The van der Waals surface area contributed by atoms with Gasteiger partial charge in [0.1, 0.15) is 0 Å². The third-order valence-corrected chi connectivity index (χ3v) is 2.32. The van der Waals surface area contributed by atoms with Crippen LogP contribution < -0.4 is 0 Å². The molecule has 0 fully saturated rings. The van der Waals surface area contributed by atoms with Gasteiger partial charge in [-0.3, -0.25) is 0 Å². The summed E-state index contributed by atoms with van der Waals surface area (Å²) in [6, 6.07) is 0. The first-order valence-electron chi connectivity index (χ1n) is 1.72. The second kappa shape index (κ2) is 3.04. The van der Waals surface area contributed by atoms with E-state index in [0.717, 1.165) is 0 Å². The Kier molecular flexibility index (Phi) is 3.09. The topological polar surface area (TPSA) is 43.4 Å². The molecule has 0 N–H and O–H groups in total. The van der Waals surface area contributed by atoms with Crippen LogP contribution in [0.2, 0.25) is 0 Å². The summed E-state index contributed by atoms with van der Waals surface area (Å²) in [5.41, 5.74) is -5.52. The van der Waals surface area contributed by atoms with Crippen molar-refractivity contribution < 1.29 is 28.3 Å². The molecule has 10 heavy (non-hydrogen) atoms. The molecule has 0 aliphatic rings. The monoisotopic (exact) mass is 195 g/mol. The molecule has 0 aromatic rings. The normalized spacial score (nSPS) is 12.8. The van der Waals surface area contributed by atoms with Gasteiger partial charge in [0.2, 0.25) is 0 Å². The van der Waals surface area contributed by atoms with Crippen molar-refractivity contribution in [3.05, 3.63) is 0 Å². The molecule has 0 aliphatic carbocycles. The van der Waals surface area contributed by atoms with Crippen LogP contribution in [-0.4, -0.2) is 29.9 Å². The summed E-state index contributed by atoms with van der Waals surface area (Å²) in [7, 11) is -5.69. The van der Waals surface area contributed by atoms with Gasteiger partial charge in [0, 0.05) is 0 Å². The second-order valence-electron chi connectivity index (χ2n) is 1.09. The molecule has 9 heteroatoms. The Bertz CT molecular complexity index is 193. The van der Waals surface area contributed by atoms with E-state index in [1.54, 1.807) is 0 Å². The van der Waals surface area contributed by atoms with Crippen LogP contribution in [0.4, 0.5) is 16.7 Å². The third kappa shape index (κ3) is 2.42. The molecule has 0 atom stereocenters. The van der Waals surface area contributed by atoms with E-state index in [2.05, 4.69) is 3.23 Å². The van der Waals surface area contributed by atoms with Gasteiger partial charge in [-0.15, -0.1) is 0 Å². The van der Waals surface area contributed by atoms with Crippen LogP contribution in [-0.2, 0) is 13.4 Å². The molecular weight excluding hydrogens is 195 g/mol. The van der Waals surface area contributed by atoms with Crippen molar-refractivity contribution in [1.29, 1.82) is 0 Å². The van der Waals surface area contributed by atoms with Crippen molar-refractivity contribution in [1.82, 2.24) is 0 Å². The van der Waals surface area contributed by atoms with Crippen molar-refractivity contribution in [2.45, 2.75) is 5.51 Å². The summed E-state index contributed by atoms with van der Waals surface area (Å²) in [6.07, 6.45) is 0. The minimum atomic E-state index is -5.69. The number of hydrogen-bond donors (Lipinski definition) is 0. The molecule has 3 nitrogen and oxygen atoms in total. The summed E-state index contributed by atoms with van der Waals surface area (Å²) in [5, 5.41) is 0. The van der Waals surface area contributed by atoms with Gasteiger partial charge >= 0.3 is 60.0 Å². The number of hydrogen-bond acceptors (Lipinski definition) is 3. The molecule has 0 aromatic carbocycles. The quantitative estimate of drug-likeness (QED) is 0.363. The van der Waals surface area contributed by atoms with E-state index in [1.807, 2.05) is 0 Å². The van der Waals surface area contributed by atoms with Crippen LogP contribution in [0.5, 0.6) is 0 Å². The maximum atomic E-state index is 11.2. The standard InChI is InChI=1S/CHF3O3S.Al.FH/c2-1(3,4)8(5,6)7;;/h(H,5,6,7);;1H/q;+3;/p-2. The summed E-state index contributed by atoms with van der Waals surface area (Å²) < 4.78 is 66.7. The molecule has 0 radical (unpaired) electrons. The fourth-order valence-corrected chi connectivity index (χ4v) is 0.922. The SMILES string of the molecule is O=S(=O)([O][Al+][F])C(F)(F)F. The van der Waals surface area contributed by atoms with E-state index in [4.69, 9.17) is 0 Å². The molecule has 0 bridgehead atoms. The van der Waals surface area contributed by atoms with Gasteiger partial charge < -0.3 is 0 Å². The molecule has 0 amide bonds. The summed E-state index contributed by atoms with van der Waals surface area (Å²) >= 11 is -2.65. The maximum absolute atomic E-state index is 11.2. The number of alkyl halides is 3. The first-order chi connectivity index (χ1) is 4.31. The molecule has 0 aromatic heterocycles. The predicted octanol–water partition coefficient (Wildman–Crippen LogP) is 0.356. The third-order valence-electron chi connectivity index (χ3n) is 0.447. The average Bonchev–Trinajstić information content (AvgIpc) is 1.61. The van der Waals surface area contributed by atoms with Gasteiger partial charge in [-0.05, 0) is 0 Å². The first-order valence-corrected chi connectivity index (χ1v) is 4.04. The first kappa shape index (κ1) is 10.2. The van der Waals surface area contributed by atoms with Crippen molar-refractivity contribution in [3.8, 4) is 0 Å². The van der Waals surface area contributed by atoms with Gasteiger partial charge in [-0.25, -0.2) is 0 Å². The van der Waals surface area contributed by atoms with E-state index in [0.29, 0.717) is 0 Å². The fourth-order valence-electron chi connectivity index (χ4n) is 0.102. The molecule has 0 rings (SSSR count). The zero-order valence-corrected chi connectivity index (χ0v) is 6.19. The Hall–Kier alpha value is 0.162. The van der Waals surface area contributed by atoms with Crippen LogP contribution in [0.3, 0.4) is 0 Å². The van der Waals surface area contributed by atoms with E-state index < -0.39 is 31.6 Å². The van der Waals surface area contributed by atoms with Crippen LogP contribution in [0, 0.1) is 0 Å². The predicted molar refractivity (Wildman–Crippen MR) is 22.9 cm³/mol. The van der Waals surface area contributed by atoms with E-state index in [9.17, 15) is 25.1 Å². The van der Waals surface area contributed by atoms with Crippen LogP contribution in [0.15, 0.2) is 0 Å². The van der Waals surface area contributed by atoms with E-state index in [-0.39, 0.29) is 0 Å². The Balaban J connectivity index is 4.44. The Morgan fingerprint density at radius 1 is 1.30 bits per heavy atom. The second-order valence-corrected chi connectivity index (χ2v) is 3.40. The Labute approximate surface area is 60.6 Å². The van der Waals surface area contributed by atoms with Gasteiger partial charge in [0.15, 0.2) is 0 Å². The molecule has 0 saturated carbocycles. The zero-order valence-electron chi connectivity index (χ0n) is 4.22.